The fourth-order valence-corrected chi connectivity index (χ4v) is 6.03. The maximum Gasteiger partial charge on any atom is 0.300 e. The number of hydrogen-bond acceptors (Lipinski definition) is 10. The van der Waals surface area contributed by atoms with Gasteiger partial charge in [-0.05, 0) is 105 Å². The molecule has 4 unspecified atom stereocenters. The summed E-state index contributed by atoms with van der Waals surface area (Å²) < 4.78 is 66.3. The highest BCUT2D eigenvalue weighted by Gasteiger charge is 2.26. The van der Waals surface area contributed by atoms with Gasteiger partial charge in [0, 0.05) is 6.08 Å². The molecule has 60 heavy (non-hydrogen) atoms. The summed E-state index contributed by atoms with van der Waals surface area (Å²) in [5, 5.41) is 0. The smallest absolute Gasteiger partial charge is 0.300 e. The highest BCUT2D eigenvalue weighted by Crippen LogP contribution is 2.27. The normalized spacial score (nSPS) is 20.3. The van der Waals surface area contributed by atoms with Crippen molar-refractivity contribution >= 4 is 16.2 Å². The Morgan fingerprint density at radius 1 is 0.567 bits per heavy atom. The van der Waals surface area contributed by atoms with Crippen molar-refractivity contribution in [3.8, 4) is 5.75 Å². The van der Waals surface area contributed by atoms with Crippen LogP contribution in [0.25, 0.3) is 6.08 Å². The van der Waals surface area contributed by atoms with Crippen LogP contribution < -0.4 is 4.74 Å². The SMILES string of the molecule is C=C1OC(OC/C=C/c2ccccc2)C=C1C.C=C1OC(OS(=O)(=O)c2ccc(C)cc2)C=C1C.C=C1OC(Oc2ccccc2)C=C1C.C=CCOC1C=C(C)C(=C)O1. The highest BCUT2D eigenvalue weighted by atomic mass is 32.2. The zero-order chi connectivity index (χ0) is 43.7. The minimum absolute atomic E-state index is 0.111. The first-order valence-electron chi connectivity index (χ1n) is 19.1. The minimum atomic E-state index is -3.82. The number of allylic oxidation sites excluding steroid dienone is 4. The van der Waals surface area contributed by atoms with E-state index in [4.69, 9.17) is 37.3 Å². The standard InChI is InChI=1S/C15H16O2.C13H14O4S.C12H12O2.C9H12O2/c1-12-11-15(17-13(12)2)16-10-6-9-14-7-4-3-5-8-14;1-9-4-6-12(7-5-9)18(14,15)17-13-8-10(2)11(3)16-13;1-9-8-12(13-10(9)2)14-11-6-4-3-5-7-11;1-4-5-10-9-6-7(2)8(3)11-9/h3-9,11,15H,2,10H2,1H3;4-8,13H,3H2,1-2H3;3-8,12H,2H2,1H3;4,6,9H,1,3,5H2,2H3/b9-6+;;;. The number of aryl methyl sites for hydroxylation is 1. The third-order valence-corrected chi connectivity index (χ3v) is 10.0. The summed E-state index contributed by atoms with van der Waals surface area (Å²) in [5.41, 5.74) is 6.04. The Morgan fingerprint density at radius 2 is 1.00 bits per heavy atom. The molecule has 10 nitrogen and oxygen atoms in total. The van der Waals surface area contributed by atoms with Gasteiger partial charge >= 0.3 is 10.1 Å². The van der Waals surface area contributed by atoms with Crippen molar-refractivity contribution in [3.63, 3.8) is 0 Å². The zero-order valence-electron chi connectivity index (χ0n) is 34.9. The van der Waals surface area contributed by atoms with E-state index in [0.717, 1.165) is 33.6 Å². The van der Waals surface area contributed by atoms with Crippen molar-refractivity contribution in [2.45, 2.75) is 64.7 Å². The Hall–Kier alpha value is -6.11. The van der Waals surface area contributed by atoms with Crippen LogP contribution in [-0.4, -0.2) is 46.8 Å². The lowest BCUT2D eigenvalue weighted by atomic mass is 10.2. The van der Waals surface area contributed by atoms with Gasteiger partial charge in [-0.2, -0.15) is 8.42 Å². The molecule has 0 amide bonds. The van der Waals surface area contributed by atoms with Crippen LogP contribution in [0.5, 0.6) is 5.75 Å². The molecule has 0 saturated heterocycles. The van der Waals surface area contributed by atoms with Crippen LogP contribution in [0.15, 0.2) is 205 Å². The van der Waals surface area contributed by atoms with Crippen LogP contribution >= 0.6 is 0 Å². The molecule has 0 spiro atoms. The first-order valence-corrected chi connectivity index (χ1v) is 20.5. The zero-order valence-corrected chi connectivity index (χ0v) is 35.7. The van der Waals surface area contributed by atoms with E-state index in [2.05, 4.69) is 45.0 Å². The van der Waals surface area contributed by atoms with E-state index in [1.54, 1.807) is 31.2 Å². The predicted octanol–water partition coefficient (Wildman–Crippen LogP) is 10.9. The van der Waals surface area contributed by atoms with Gasteiger partial charge in [-0.3, -0.25) is 0 Å². The molecule has 4 atom stereocenters. The summed E-state index contributed by atoms with van der Waals surface area (Å²) in [6, 6.07) is 26.2. The largest absolute Gasteiger partial charge is 0.462 e. The molecule has 7 rings (SSSR count). The van der Waals surface area contributed by atoms with E-state index in [0.29, 0.717) is 36.3 Å². The van der Waals surface area contributed by atoms with Crippen molar-refractivity contribution in [1.29, 1.82) is 0 Å². The molecular formula is C49H54O10S. The number of para-hydroxylation sites is 1. The van der Waals surface area contributed by atoms with Gasteiger partial charge in [-0.25, -0.2) is 4.18 Å². The second-order valence-corrected chi connectivity index (χ2v) is 15.2. The molecule has 0 aliphatic carbocycles. The van der Waals surface area contributed by atoms with E-state index >= 15 is 0 Å². The Kier molecular flexibility index (Phi) is 17.8. The average Bonchev–Trinajstić information content (AvgIpc) is 3.93. The predicted molar refractivity (Wildman–Crippen MR) is 235 cm³/mol. The van der Waals surface area contributed by atoms with E-state index in [1.807, 2.05) is 107 Å². The van der Waals surface area contributed by atoms with Crippen LogP contribution in [0.1, 0.15) is 38.8 Å². The second kappa shape index (κ2) is 22.9. The first kappa shape index (κ1) is 46.6. The van der Waals surface area contributed by atoms with Gasteiger partial charge in [0.15, 0.2) is 0 Å². The summed E-state index contributed by atoms with van der Waals surface area (Å²) in [6.45, 7) is 29.0. The van der Waals surface area contributed by atoms with Gasteiger partial charge in [-0.1, -0.05) is 111 Å². The summed E-state index contributed by atoms with van der Waals surface area (Å²) in [5.74, 6) is 3.31. The molecule has 4 heterocycles. The van der Waals surface area contributed by atoms with E-state index < -0.39 is 16.4 Å². The van der Waals surface area contributed by atoms with E-state index in [9.17, 15) is 8.42 Å². The van der Waals surface area contributed by atoms with Crippen molar-refractivity contribution in [3.05, 3.63) is 211 Å². The molecule has 3 aromatic carbocycles. The fraction of sp³-hybridized carbons (Fsp3) is 0.224. The van der Waals surface area contributed by atoms with Crippen LogP contribution in [-0.2, 0) is 42.7 Å². The summed E-state index contributed by atoms with van der Waals surface area (Å²) in [7, 11) is -3.82. The second-order valence-electron chi connectivity index (χ2n) is 13.6. The van der Waals surface area contributed by atoms with Gasteiger partial charge in [-0.15, -0.1) is 6.58 Å². The molecule has 316 valence electrons. The maximum absolute atomic E-state index is 12.0. The average molecular weight is 835 g/mol. The van der Waals surface area contributed by atoms with Crippen molar-refractivity contribution in [2.75, 3.05) is 13.2 Å². The van der Waals surface area contributed by atoms with Crippen molar-refractivity contribution < 1.29 is 45.8 Å². The van der Waals surface area contributed by atoms with Crippen LogP contribution in [0.3, 0.4) is 0 Å². The fourth-order valence-electron chi connectivity index (χ4n) is 5.11. The first-order chi connectivity index (χ1) is 28.6. The molecule has 3 aromatic rings. The summed E-state index contributed by atoms with van der Waals surface area (Å²) >= 11 is 0. The minimum Gasteiger partial charge on any atom is -0.462 e. The topological polar surface area (TPSA) is 108 Å². The molecule has 0 bridgehead atoms. The number of benzene rings is 3. The third-order valence-electron chi connectivity index (χ3n) is 8.71. The van der Waals surface area contributed by atoms with E-state index in [1.165, 1.54) is 17.7 Å². The lowest BCUT2D eigenvalue weighted by Crippen LogP contribution is -2.16. The summed E-state index contributed by atoms with van der Waals surface area (Å²) in [4.78, 5) is 0.111. The molecule has 0 fully saturated rings. The molecule has 4 aliphatic heterocycles. The molecule has 4 aliphatic rings. The molecule has 11 heteroatoms. The number of hydrogen-bond donors (Lipinski definition) is 0. The van der Waals surface area contributed by atoms with Gasteiger partial charge in [0.25, 0.3) is 6.29 Å². The molecule has 0 N–H and O–H groups in total. The Morgan fingerprint density at radius 3 is 1.45 bits per heavy atom. The third kappa shape index (κ3) is 15.2. The van der Waals surface area contributed by atoms with Gasteiger partial charge in [0.05, 0.1) is 18.1 Å². The highest BCUT2D eigenvalue weighted by molar-refractivity contribution is 7.86. The molecule has 0 aromatic heterocycles. The van der Waals surface area contributed by atoms with Gasteiger partial charge in [0.1, 0.15) is 28.8 Å². The van der Waals surface area contributed by atoms with Crippen LogP contribution in [0.4, 0.5) is 0 Å². The Labute approximate surface area is 355 Å². The number of rotatable bonds is 12. The van der Waals surface area contributed by atoms with Crippen LogP contribution in [0.2, 0.25) is 0 Å². The van der Waals surface area contributed by atoms with Gasteiger partial charge in [0.2, 0.25) is 18.9 Å². The quantitative estimate of drug-likeness (QED) is 0.129. The lowest BCUT2D eigenvalue weighted by Gasteiger charge is -2.12. The molecular weight excluding hydrogens is 781 g/mol. The summed E-state index contributed by atoms with van der Waals surface area (Å²) in [6.07, 6.45) is 11.2. The Balaban J connectivity index is 0.000000179. The van der Waals surface area contributed by atoms with Crippen molar-refractivity contribution in [1.82, 2.24) is 0 Å². The van der Waals surface area contributed by atoms with Crippen molar-refractivity contribution in [2.24, 2.45) is 0 Å². The number of ether oxygens (including phenoxy) is 7. The lowest BCUT2D eigenvalue weighted by molar-refractivity contribution is -0.0601. The van der Waals surface area contributed by atoms with Gasteiger partial charge < -0.3 is 33.2 Å². The van der Waals surface area contributed by atoms with Crippen LogP contribution in [0, 0.1) is 6.92 Å². The Bertz CT molecular complexity index is 2230. The molecule has 0 radical (unpaired) electrons. The molecule has 0 saturated carbocycles. The van der Waals surface area contributed by atoms with E-state index in [-0.39, 0.29) is 23.8 Å². The monoisotopic (exact) mass is 834 g/mol. The maximum atomic E-state index is 12.0.